The van der Waals surface area contributed by atoms with Gasteiger partial charge in [-0.15, -0.1) is 5.54 Å². The highest BCUT2D eigenvalue weighted by atomic mass is 28.3. The van der Waals surface area contributed by atoms with Crippen LogP contribution in [0.1, 0.15) is 16.2 Å². The summed E-state index contributed by atoms with van der Waals surface area (Å²) in [6.45, 7) is 6.39. The minimum atomic E-state index is -1.41. The van der Waals surface area contributed by atoms with Crippen molar-refractivity contribution < 1.29 is 9.90 Å². The van der Waals surface area contributed by atoms with Gasteiger partial charge >= 0.3 is 5.97 Å². The molecule has 1 heterocycles. The van der Waals surface area contributed by atoms with Crippen LogP contribution in [-0.4, -0.2) is 29.1 Å². The van der Waals surface area contributed by atoms with Gasteiger partial charge in [0.05, 0.1) is 5.56 Å². The molecule has 0 saturated heterocycles. The van der Waals surface area contributed by atoms with E-state index in [1.54, 1.807) is 0 Å². The van der Waals surface area contributed by atoms with Crippen molar-refractivity contribution in [3.8, 4) is 11.5 Å². The van der Waals surface area contributed by atoms with Crippen LogP contribution in [0.2, 0.25) is 19.6 Å². The normalized spacial score (nSPS) is 10.3. The van der Waals surface area contributed by atoms with Crippen LogP contribution >= 0.6 is 0 Å². The molecule has 0 bridgehead atoms. The minimum Gasteiger partial charge on any atom is -0.475 e. The molecular weight excluding hydrogens is 208 g/mol. The third-order valence-electron chi connectivity index (χ3n) is 1.42. The molecule has 0 fully saturated rings. The number of hydrogen-bond donors (Lipinski definition) is 1. The highest BCUT2D eigenvalue weighted by molar-refractivity contribution is 6.83. The third-order valence-corrected chi connectivity index (χ3v) is 2.30. The number of rotatable bonds is 1. The molecule has 0 aliphatic rings. The van der Waals surface area contributed by atoms with Gasteiger partial charge in [-0.25, -0.2) is 14.8 Å². The van der Waals surface area contributed by atoms with Crippen molar-refractivity contribution in [3.05, 3.63) is 23.8 Å². The molecule has 1 aromatic heterocycles. The van der Waals surface area contributed by atoms with Crippen LogP contribution in [0.3, 0.4) is 0 Å². The highest BCUT2D eigenvalue weighted by Gasteiger charge is 2.08. The molecule has 0 aromatic carbocycles. The zero-order chi connectivity index (χ0) is 11.5. The fraction of sp³-hybridized carbons (Fsp3) is 0.300. The van der Waals surface area contributed by atoms with E-state index in [2.05, 4.69) is 41.1 Å². The summed E-state index contributed by atoms with van der Waals surface area (Å²) in [5.74, 6) is 1.62. The molecule has 0 aliphatic heterocycles. The van der Waals surface area contributed by atoms with Crippen molar-refractivity contribution >= 4 is 14.0 Å². The molecular formula is C10H12N2O2Si. The van der Waals surface area contributed by atoms with Gasteiger partial charge in [-0.2, -0.15) is 0 Å². The van der Waals surface area contributed by atoms with Crippen LogP contribution in [0.25, 0.3) is 0 Å². The second-order valence-corrected chi connectivity index (χ2v) is 8.85. The summed E-state index contributed by atoms with van der Waals surface area (Å²) in [4.78, 5) is 17.8. The largest absolute Gasteiger partial charge is 0.475 e. The van der Waals surface area contributed by atoms with Crippen molar-refractivity contribution in [1.29, 1.82) is 0 Å². The predicted octanol–water partition coefficient (Wildman–Crippen LogP) is 1.40. The summed E-state index contributed by atoms with van der Waals surface area (Å²) in [5.41, 5.74) is 3.80. The molecule has 15 heavy (non-hydrogen) atoms. The number of carbonyl (C=O) groups is 1. The quantitative estimate of drug-likeness (QED) is 0.574. The van der Waals surface area contributed by atoms with E-state index in [-0.39, 0.29) is 5.82 Å². The Bertz CT molecular complexity index is 423. The summed E-state index contributed by atoms with van der Waals surface area (Å²) in [6.07, 6.45) is 2.87. The molecule has 5 heteroatoms. The van der Waals surface area contributed by atoms with Crippen LogP contribution in [0.4, 0.5) is 0 Å². The summed E-state index contributed by atoms with van der Waals surface area (Å²) < 4.78 is 0. The van der Waals surface area contributed by atoms with E-state index in [0.29, 0.717) is 5.56 Å². The molecule has 0 spiro atoms. The Labute approximate surface area is 89.4 Å². The number of aromatic carboxylic acids is 1. The zero-order valence-electron chi connectivity index (χ0n) is 8.90. The third kappa shape index (κ3) is 3.91. The van der Waals surface area contributed by atoms with E-state index < -0.39 is 14.0 Å². The van der Waals surface area contributed by atoms with Gasteiger partial charge in [0.25, 0.3) is 0 Å². The van der Waals surface area contributed by atoms with Crippen molar-refractivity contribution in [2.45, 2.75) is 19.6 Å². The van der Waals surface area contributed by atoms with Crippen molar-refractivity contribution in [1.82, 2.24) is 9.97 Å². The van der Waals surface area contributed by atoms with E-state index in [0.717, 1.165) is 0 Å². The lowest BCUT2D eigenvalue weighted by Crippen LogP contribution is -2.16. The molecule has 1 rings (SSSR count). The monoisotopic (exact) mass is 220 g/mol. The minimum absolute atomic E-state index is 0.200. The predicted molar refractivity (Wildman–Crippen MR) is 59.2 cm³/mol. The summed E-state index contributed by atoms with van der Waals surface area (Å²) in [7, 11) is -1.41. The Morgan fingerprint density at radius 1 is 1.33 bits per heavy atom. The average Bonchev–Trinajstić information content (AvgIpc) is 2.14. The molecule has 0 radical (unpaired) electrons. The zero-order valence-corrected chi connectivity index (χ0v) is 9.90. The van der Waals surface area contributed by atoms with Gasteiger partial charge in [0, 0.05) is 12.4 Å². The Morgan fingerprint density at radius 2 is 1.87 bits per heavy atom. The highest BCUT2D eigenvalue weighted by Crippen LogP contribution is 1.99. The standard InChI is InChI=1S/C10H12N2O2Si/c1-15(2,3)5-4-8-6-11-9(10(13)14)12-7-8/h6-7H,1-3H3,(H,13,14). The topological polar surface area (TPSA) is 63.1 Å². The van der Waals surface area contributed by atoms with Gasteiger partial charge in [0.1, 0.15) is 8.07 Å². The molecule has 1 N–H and O–H groups in total. The summed E-state index contributed by atoms with van der Waals surface area (Å²) in [5, 5.41) is 8.58. The molecule has 1 aromatic rings. The smallest absolute Gasteiger partial charge is 0.373 e. The second-order valence-electron chi connectivity index (χ2n) is 4.10. The number of carboxylic acids is 1. The second kappa shape index (κ2) is 4.23. The van der Waals surface area contributed by atoms with Crippen LogP contribution in [0.5, 0.6) is 0 Å². The maximum absolute atomic E-state index is 10.5. The number of carboxylic acid groups (broad SMARTS) is 1. The fourth-order valence-corrected chi connectivity index (χ4v) is 1.28. The summed E-state index contributed by atoms with van der Waals surface area (Å²) in [6, 6.07) is 0. The lowest BCUT2D eigenvalue weighted by atomic mass is 10.3. The van der Waals surface area contributed by atoms with Crippen molar-refractivity contribution in [3.63, 3.8) is 0 Å². The fourth-order valence-electron chi connectivity index (χ4n) is 0.763. The van der Waals surface area contributed by atoms with E-state index in [9.17, 15) is 4.79 Å². The van der Waals surface area contributed by atoms with Gasteiger partial charge in [-0.05, 0) is 0 Å². The lowest BCUT2D eigenvalue weighted by molar-refractivity contribution is 0.0683. The molecule has 0 amide bonds. The Morgan fingerprint density at radius 3 is 2.27 bits per heavy atom. The molecule has 0 saturated carbocycles. The van der Waals surface area contributed by atoms with Crippen molar-refractivity contribution in [2.24, 2.45) is 0 Å². The van der Waals surface area contributed by atoms with Gasteiger partial charge in [-0.3, -0.25) is 0 Å². The summed E-state index contributed by atoms with van der Waals surface area (Å²) >= 11 is 0. The lowest BCUT2D eigenvalue weighted by Gasteiger charge is -2.02. The Balaban J connectivity index is 2.89. The first-order valence-electron chi connectivity index (χ1n) is 4.47. The van der Waals surface area contributed by atoms with E-state index in [4.69, 9.17) is 5.11 Å². The number of aromatic nitrogens is 2. The van der Waals surface area contributed by atoms with Crippen LogP contribution in [0.15, 0.2) is 12.4 Å². The van der Waals surface area contributed by atoms with E-state index in [1.807, 2.05) is 0 Å². The van der Waals surface area contributed by atoms with Crippen molar-refractivity contribution in [2.75, 3.05) is 0 Å². The van der Waals surface area contributed by atoms with Gasteiger partial charge in [-0.1, -0.05) is 25.6 Å². The molecule has 0 atom stereocenters. The van der Waals surface area contributed by atoms with Gasteiger partial charge in [0.15, 0.2) is 0 Å². The SMILES string of the molecule is C[Si](C)(C)C#Cc1cnc(C(=O)O)nc1. The molecule has 0 unspecified atom stereocenters. The Kier molecular flexibility index (Phi) is 3.22. The van der Waals surface area contributed by atoms with Gasteiger partial charge < -0.3 is 5.11 Å². The first-order chi connectivity index (χ1) is 6.88. The van der Waals surface area contributed by atoms with Crippen LogP contribution in [0, 0.1) is 11.5 Å². The molecule has 0 aliphatic carbocycles. The maximum atomic E-state index is 10.5. The maximum Gasteiger partial charge on any atom is 0.373 e. The number of hydrogen-bond acceptors (Lipinski definition) is 3. The van der Waals surface area contributed by atoms with E-state index >= 15 is 0 Å². The van der Waals surface area contributed by atoms with Crippen LogP contribution < -0.4 is 0 Å². The molecule has 4 nitrogen and oxygen atoms in total. The van der Waals surface area contributed by atoms with E-state index in [1.165, 1.54) is 12.4 Å². The van der Waals surface area contributed by atoms with Gasteiger partial charge in [0.2, 0.25) is 5.82 Å². The molecule has 78 valence electrons. The van der Waals surface area contributed by atoms with Crippen LogP contribution in [-0.2, 0) is 0 Å². The Hall–Kier alpha value is -1.67. The first kappa shape index (κ1) is 11.4. The number of nitrogens with zero attached hydrogens (tertiary/aromatic N) is 2. The first-order valence-corrected chi connectivity index (χ1v) is 7.97. The average molecular weight is 220 g/mol.